The van der Waals surface area contributed by atoms with Gasteiger partial charge in [-0.3, -0.25) is 9.59 Å². The summed E-state index contributed by atoms with van der Waals surface area (Å²) in [6, 6.07) is 0. The van der Waals surface area contributed by atoms with Gasteiger partial charge >= 0.3 is 5.97 Å². The predicted octanol–water partition coefficient (Wildman–Crippen LogP) is 2.44. The monoisotopic (exact) mass is 377 g/mol. The first-order valence-electron chi connectivity index (χ1n) is 8.86. The number of aryl methyl sites for hydroxylation is 3. The van der Waals surface area contributed by atoms with Crippen LogP contribution in [0.1, 0.15) is 54.8 Å². The molecule has 2 aromatic rings. The van der Waals surface area contributed by atoms with Crippen molar-refractivity contribution in [3.63, 3.8) is 0 Å². The summed E-state index contributed by atoms with van der Waals surface area (Å²) in [4.78, 5) is 45.1. The van der Waals surface area contributed by atoms with Crippen molar-refractivity contribution in [1.82, 2.24) is 15.3 Å². The fraction of sp³-hybridized carbons (Fsp3) is 0.556. The molecule has 0 saturated heterocycles. The number of hydrogen-bond acceptors (Lipinski definition) is 5. The van der Waals surface area contributed by atoms with Crippen LogP contribution in [0.2, 0.25) is 0 Å². The number of aromatic amines is 1. The number of nitrogens with one attached hydrogen (secondary N) is 2. The SMILES string of the molecule is Cc1sc2nc(CCC(=O)NC3(C(=O)O)CCCCC3)[nH]c(=O)c2c1C. The van der Waals surface area contributed by atoms with Gasteiger partial charge in [0.05, 0.1) is 5.39 Å². The van der Waals surface area contributed by atoms with E-state index in [9.17, 15) is 19.5 Å². The number of nitrogens with zero attached hydrogens (tertiary/aromatic N) is 1. The van der Waals surface area contributed by atoms with Crippen molar-refractivity contribution in [2.24, 2.45) is 0 Å². The molecule has 26 heavy (non-hydrogen) atoms. The average Bonchev–Trinajstić information content (AvgIpc) is 2.88. The van der Waals surface area contributed by atoms with Crippen LogP contribution in [0.4, 0.5) is 0 Å². The summed E-state index contributed by atoms with van der Waals surface area (Å²) in [5.41, 5.74) is -0.410. The summed E-state index contributed by atoms with van der Waals surface area (Å²) in [7, 11) is 0. The third kappa shape index (κ3) is 3.51. The number of carbonyl (C=O) groups excluding carboxylic acids is 1. The Bertz CT molecular complexity index is 909. The molecular weight excluding hydrogens is 354 g/mol. The number of carboxylic acids is 1. The molecule has 140 valence electrons. The largest absolute Gasteiger partial charge is 0.480 e. The highest BCUT2D eigenvalue weighted by molar-refractivity contribution is 7.18. The zero-order valence-corrected chi connectivity index (χ0v) is 15.8. The van der Waals surface area contributed by atoms with Gasteiger partial charge in [-0.25, -0.2) is 9.78 Å². The van der Waals surface area contributed by atoms with Gasteiger partial charge in [0.2, 0.25) is 5.91 Å². The normalized spacial score (nSPS) is 16.5. The topological polar surface area (TPSA) is 112 Å². The van der Waals surface area contributed by atoms with E-state index in [1.807, 2.05) is 13.8 Å². The summed E-state index contributed by atoms with van der Waals surface area (Å²) in [5, 5.41) is 12.8. The average molecular weight is 377 g/mol. The number of carboxylic acid groups (broad SMARTS) is 1. The molecule has 8 heteroatoms. The highest BCUT2D eigenvalue weighted by Crippen LogP contribution is 2.29. The second-order valence-electron chi connectivity index (χ2n) is 6.97. The standard InChI is InChI=1S/C18H23N3O4S/c1-10-11(2)26-16-14(10)15(23)19-12(20-16)6-7-13(22)21-18(17(24)25)8-4-3-5-9-18/h3-9H2,1-2H3,(H,21,22)(H,24,25)(H,19,20,23). The minimum absolute atomic E-state index is 0.0901. The lowest BCUT2D eigenvalue weighted by molar-refractivity contribution is -0.149. The molecule has 1 amide bonds. The summed E-state index contributed by atoms with van der Waals surface area (Å²) in [6.45, 7) is 3.84. The van der Waals surface area contributed by atoms with E-state index in [-0.39, 0.29) is 24.3 Å². The van der Waals surface area contributed by atoms with Gasteiger partial charge in [-0.1, -0.05) is 19.3 Å². The molecule has 0 aromatic carbocycles. The van der Waals surface area contributed by atoms with E-state index < -0.39 is 11.5 Å². The number of hydrogen-bond donors (Lipinski definition) is 3. The van der Waals surface area contributed by atoms with Gasteiger partial charge in [-0.2, -0.15) is 0 Å². The van der Waals surface area contributed by atoms with Gasteiger partial charge in [0, 0.05) is 17.7 Å². The Morgan fingerprint density at radius 2 is 1.96 bits per heavy atom. The molecule has 0 atom stereocenters. The third-order valence-corrected chi connectivity index (χ3v) is 6.27. The molecule has 3 rings (SSSR count). The number of aromatic nitrogens is 2. The van der Waals surface area contributed by atoms with Gasteiger partial charge in [0.15, 0.2) is 0 Å². The summed E-state index contributed by atoms with van der Waals surface area (Å²) in [6.07, 6.45) is 3.88. The summed E-state index contributed by atoms with van der Waals surface area (Å²) >= 11 is 1.46. The molecule has 0 bridgehead atoms. The number of H-pyrrole nitrogens is 1. The zero-order valence-electron chi connectivity index (χ0n) is 15.0. The van der Waals surface area contributed by atoms with Crippen LogP contribution >= 0.6 is 11.3 Å². The smallest absolute Gasteiger partial charge is 0.329 e. The highest BCUT2D eigenvalue weighted by Gasteiger charge is 2.40. The molecule has 1 saturated carbocycles. The molecule has 1 fully saturated rings. The number of thiophene rings is 1. The second kappa shape index (κ2) is 7.19. The van der Waals surface area contributed by atoms with Gasteiger partial charge < -0.3 is 15.4 Å². The van der Waals surface area contributed by atoms with Crippen LogP contribution in [0.15, 0.2) is 4.79 Å². The minimum atomic E-state index is -1.15. The van der Waals surface area contributed by atoms with Gasteiger partial charge in [-0.05, 0) is 32.3 Å². The first kappa shape index (κ1) is 18.6. The van der Waals surface area contributed by atoms with Crippen molar-refractivity contribution in [2.75, 3.05) is 0 Å². The maximum Gasteiger partial charge on any atom is 0.329 e. The molecule has 0 radical (unpaired) electrons. The highest BCUT2D eigenvalue weighted by atomic mass is 32.1. The van der Waals surface area contributed by atoms with Gasteiger partial charge in [0.25, 0.3) is 5.56 Å². The predicted molar refractivity (Wildman–Crippen MR) is 99.6 cm³/mol. The van der Waals surface area contributed by atoms with Crippen LogP contribution in [0.3, 0.4) is 0 Å². The molecule has 1 aliphatic carbocycles. The first-order chi connectivity index (χ1) is 12.3. The van der Waals surface area contributed by atoms with Crippen molar-refractivity contribution in [1.29, 1.82) is 0 Å². The van der Waals surface area contributed by atoms with Crippen LogP contribution in [0.5, 0.6) is 0 Å². The molecule has 2 heterocycles. The number of rotatable bonds is 5. The van der Waals surface area contributed by atoms with Crippen molar-refractivity contribution >= 4 is 33.4 Å². The minimum Gasteiger partial charge on any atom is -0.480 e. The van der Waals surface area contributed by atoms with E-state index in [1.54, 1.807) is 0 Å². The molecule has 2 aromatic heterocycles. The Labute approximate surface area is 154 Å². The Morgan fingerprint density at radius 3 is 2.62 bits per heavy atom. The van der Waals surface area contributed by atoms with E-state index in [0.717, 1.165) is 29.7 Å². The lowest BCUT2D eigenvalue weighted by Crippen LogP contribution is -2.55. The van der Waals surface area contributed by atoms with E-state index in [2.05, 4.69) is 15.3 Å². The van der Waals surface area contributed by atoms with E-state index >= 15 is 0 Å². The third-order valence-electron chi connectivity index (χ3n) is 5.17. The number of amides is 1. The molecule has 0 spiro atoms. The molecule has 0 aliphatic heterocycles. The van der Waals surface area contributed by atoms with Gasteiger partial charge in [-0.15, -0.1) is 11.3 Å². The summed E-state index contributed by atoms with van der Waals surface area (Å²) < 4.78 is 0. The Morgan fingerprint density at radius 1 is 1.27 bits per heavy atom. The van der Waals surface area contributed by atoms with Crippen LogP contribution < -0.4 is 10.9 Å². The molecule has 0 unspecified atom stereocenters. The van der Waals surface area contributed by atoms with Gasteiger partial charge in [0.1, 0.15) is 16.2 Å². The lowest BCUT2D eigenvalue weighted by Gasteiger charge is -2.34. The zero-order chi connectivity index (χ0) is 18.9. The van der Waals surface area contributed by atoms with Crippen molar-refractivity contribution in [3.8, 4) is 0 Å². The molecular formula is C18H23N3O4S. The Balaban J connectivity index is 1.70. The maximum atomic E-state index is 12.3. The van der Waals surface area contributed by atoms with Crippen LogP contribution in [0.25, 0.3) is 10.2 Å². The maximum absolute atomic E-state index is 12.3. The van der Waals surface area contributed by atoms with Crippen molar-refractivity contribution in [3.05, 3.63) is 26.6 Å². The molecule has 7 nitrogen and oxygen atoms in total. The Hall–Kier alpha value is -2.22. The first-order valence-corrected chi connectivity index (χ1v) is 9.67. The van der Waals surface area contributed by atoms with Crippen LogP contribution in [0, 0.1) is 13.8 Å². The van der Waals surface area contributed by atoms with Crippen molar-refractivity contribution < 1.29 is 14.7 Å². The van der Waals surface area contributed by atoms with E-state index in [0.29, 0.717) is 28.9 Å². The van der Waals surface area contributed by atoms with E-state index in [1.165, 1.54) is 11.3 Å². The van der Waals surface area contributed by atoms with Crippen LogP contribution in [-0.4, -0.2) is 32.5 Å². The Kier molecular flexibility index (Phi) is 5.13. The molecule has 1 aliphatic rings. The quantitative estimate of drug-likeness (QED) is 0.741. The number of fused-ring (bicyclic) bond motifs is 1. The molecule has 3 N–H and O–H groups in total. The second-order valence-corrected chi connectivity index (χ2v) is 8.18. The van der Waals surface area contributed by atoms with Crippen molar-refractivity contribution in [2.45, 2.75) is 64.3 Å². The number of aliphatic carboxylic acids is 1. The fourth-order valence-corrected chi connectivity index (χ4v) is 4.58. The van der Waals surface area contributed by atoms with E-state index in [4.69, 9.17) is 0 Å². The lowest BCUT2D eigenvalue weighted by atomic mass is 9.81. The van der Waals surface area contributed by atoms with Crippen LogP contribution in [-0.2, 0) is 16.0 Å². The summed E-state index contributed by atoms with van der Waals surface area (Å²) in [5.74, 6) is -0.842. The fourth-order valence-electron chi connectivity index (χ4n) is 3.53. The number of carbonyl (C=O) groups is 2.